The Morgan fingerprint density at radius 2 is 2.00 bits per heavy atom. The summed E-state index contributed by atoms with van der Waals surface area (Å²) in [5.41, 5.74) is 0. The average molecular weight is 117 g/mol. The lowest BCUT2D eigenvalue weighted by Crippen LogP contribution is -2.08. The summed E-state index contributed by atoms with van der Waals surface area (Å²) in [4.78, 5) is 9.80. The van der Waals surface area contributed by atoms with Crippen LogP contribution in [0.1, 0.15) is 19.8 Å². The summed E-state index contributed by atoms with van der Waals surface area (Å²) < 4.78 is 0. The maximum absolute atomic E-state index is 9.80. The third-order valence-corrected chi connectivity index (χ3v) is 0.734. The van der Waals surface area contributed by atoms with E-state index in [0.29, 0.717) is 6.42 Å². The van der Waals surface area contributed by atoms with E-state index in [1.807, 2.05) is 0 Å². The zero-order chi connectivity index (χ0) is 6.57. The maximum atomic E-state index is 9.80. The predicted octanol–water partition coefficient (Wildman–Crippen LogP) is 0.776. The van der Waals surface area contributed by atoms with Crippen molar-refractivity contribution in [1.29, 1.82) is 0 Å². The second-order valence-electron chi connectivity index (χ2n) is 1.50. The Kier molecular flexibility index (Phi) is 3.19. The molecule has 8 heavy (non-hydrogen) atoms. The first-order chi connectivity index (χ1) is 3.68. The lowest BCUT2D eigenvalue weighted by molar-refractivity contribution is -0.139. The molecule has 0 rings (SSSR count). The molecule has 0 amide bonds. The van der Waals surface area contributed by atoms with E-state index >= 15 is 0 Å². The van der Waals surface area contributed by atoms with E-state index < -0.39 is 12.1 Å². The fourth-order valence-electron chi connectivity index (χ4n) is 0.344. The van der Waals surface area contributed by atoms with Crippen LogP contribution in [0.4, 0.5) is 0 Å². The zero-order valence-electron chi connectivity index (χ0n) is 4.72. The molecule has 0 aliphatic carbocycles. The number of hydrogen-bond donors (Lipinski definition) is 2. The topological polar surface area (TPSA) is 57.5 Å². The highest BCUT2D eigenvalue weighted by molar-refractivity contribution is 5.79. The molecule has 0 aromatic carbocycles. The van der Waals surface area contributed by atoms with Gasteiger partial charge in [-0.25, -0.2) is 4.79 Å². The normalized spacial score (nSPS) is 9.88. The van der Waals surface area contributed by atoms with E-state index in [9.17, 15) is 4.79 Å². The second-order valence-corrected chi connectivity index (χ2v) is 1.50. The summed E-state index contributed by atoms with van der Waals surface area (Å²) >= 11 is 0. The summed E-state index contributed by atoms with van der Waals surface area (Å²) in [5.74, 6) is -1.22. The van der Waals surface area contributed by atoms with Crippen LogP contribution in [0, 0.1) is 6.10 Å². The maximum Gasteiger partial charge on any atom is 0.339 e. The number of carboxylic acids is 1. The Hall–Kier alpha value is -0.570. The van der Waals surface area contributed by atoms with Crippen molar-refractivity contribution in [3.8, 4) is 0 Å². The van der Waals surface area contributed by atoms with Crippen molar-refractivity contribution in [1.82, 2.24) is 0 Å². The standard InChI is InChI=1S/C5H9O3/c1-2-3-4(6)5(7)8/h6H,2-3H2,1H3,(H,7,8). The van der Waals surface area contributed by atoms with Crippen LogP contribution in [0.15, 0.2) is 0 Å². The van der Waals surface area contributed by atoms with Gasteiger partial charge in [0.1, 0.15) is 0 Å². The highest BCUT2D eigenvalue weighted by atomic mass is 16.4. The molecular weight excluding hydrogens is 108 g/mol. The molecule has 0 atom stereocenters. The van der Waals surface area contributed by atoms with Crippen LogP contribution >= 0.6 is 0 Å². The fraction of sp³-hybridized carbons (Fsp3) is 0.600. The highest BCUT2D eigenvalue weighted by Crippen LogP contribution is 2.02. The smallest absolute Gasteiger partial charge is 0.339 e. The summed E-state index contributed by atoms with van der Waals surface area (Å²) in [6.07, 6.45) is 0.473. The van der Waals surface area contributed by atoms with Gasteiger partial charge in [0.25, 0.3) is 0 Å². The van der Waals surface area contributed by atoms with Crippen LogP contribution < -0.4 is 0 Å². The van der Waals surface area contributed by atoms with Crippen molar-refractivity contribution in [2.75, 3.05) is 0 Å². The molecule has 0 bridgehead atoms. The van der Waals surface area contributed by atoms with Crippen molar-refractivity contribution in [2.45, 2.75) is 19.8 Å². The molecule has 0 unspecified atom stereocenters. The van der Waals surface area contributed by atoms with Crippen LogP contribution in [0.5, 0.6) is 0 Å². The van der Waals surface area contributed by atoms with Crippen molar-refractivity contribution in [3.63, 3.8) is 0 Å². The van der Waals surface area contributed by atoms with Crippen molar-refractivity contribution >= 4 is 5.97 Å². The molecule has 0 fully saturated rings. The Labute approximate surface area is 47.9 Å². The molecule has 3 nitrogen and oxygen atoms in total. The number of carboxylic acid groups (broad SMARTS) is 1. The number of aliphatic hydroxyl groups is 1. The molecule has 0 aromatic heterocycles. The van der Waals surface area contributed by atoms with E-state index in [-0.39, 0.29) is 6.42 Å². The van der Waals surface area contributed by atoms with Crippen molar-refractivity contribution < 1.29 is 15.0 Å². The Bertz CT molecular complexity index is 79.7. The Morgan fingerprint density at radius 1 is 1.50 bits per heavy atom. The molecule has 0 aliphatic rings. The van der Waals surface area contributed by atoms with Crippen LogP contribution in [0.2, 0.25) is 0 Å². The van der Waals surface area contributed by atoms with Crippen molar-refractivity contribution in [2.24, 2.45) is 0 Å². The molecule has 1 radical (unpaired) electrons. The summed E-state index contributed by atoms with van der Waals surface area (Å²) in [6, 6.07) is 0. The minimum Gasteiger partial charge on any atom is -0.479 e. The van der Waals surface area contributed by atoms with E-state index in [1.165, 1.54) is 0 Å². The molecule has 0 saturated heterocycles. The molecule has 2 N–H and O–H groups in total. The van der Waals surface area contributed by atoms with E-state index in [0.717, 1.165) is 0 Å². The van der Waals surface area contributed by atoms with Crippen LogP contribution in [-0.2, 0) is 4.79 Å². The molecule has 0 spiro atoms. The van der Waals surface area contributed by atoms with Crippen molar-refractivity contribution in [3.05, 3.63) is 6.10 Å². The third-order valence-electron chi connectivity index (χ3n) is 0.734. The first-order valence-electron chi connectivity index (χ1n) is 2.46. The van der Waals surface area contributed by atoms with Gasteiger partial charge in [0.2, 0.25) is 6.10 Å². The number of aliphatic hydroxyl groups excluding tert-OH is 1. The minimum absolute atomic E-state index is 0.259. The molecular formula is C5H9O3. The lowest BCUT2D eigenvalue weighted by atomic mass is 10.2. The largest absolute Gasteiger partial charge is 0.479 e. The van der Waals surface area contributed by atoms with Gasteiger partial charge in [-0.3, -0.25) is 0 Å². The molecule has 0 aromatic rings. The number of rotatable bonds is 3. The third kappa shape index (κ3) is 2.58. The average Bonchev–Trinajstić information content (AvgIpc) is 1.67. The van der Waals surface area contributed by atoms with Crippen LogP contribution in [0.3, 0.4) is 0 Å². The van der Waals surface area contributed by atoms with Gasteiger partial charge < -0.3 is 10.2 Å². The van der Waals surface area contributed by atoms with Gasteiger partial charge in [-0.2, -0.15) is 0 Å². The zero-order valence-corrected chi connectivity index (χ0v) is 4.72. The quantitative estimate of drug-likeness (QED) is 0.574. The SMILES string of the molecule is CCC[C](O)C(=O)O. The molecule has 0 saturated carbocycles. The second kappa shape index (κ2) is 3.43. The number of aliphatic carboxylic acids is 1. The fourth-order valence-corrected chi connectivity index (χ4v) is 0.344. The van der Waals surface area contributed by atoms with Gasteiger partial charge >= 0.3 is 5.97 Å². The number of hydrogen-bond acceptors (Lipinski definition) is 2. The van der Waals surface area contributed by atoms with Gasteiger partial charge in [0.05, 0.1) is 0 Å². The van der Waals surface area contributed by atoms with Crippen LogP contribution in [-0.4, -0.2) is 16.2 Å². The molecule has 0 heterocycles. The molecule has 3 heteroatoms. The van der Waals surface area contributed by atoms with Gasteiger partial charge in [0.15, 0.2) is 0 Å². The summed E-state index contributed by atoms with van der Waals surface area (Å²) in [5, 5.41) is 16.5. The van der Waals surface area contributed by atoms with Gasteiger partial charge in [-0.15, -0.1) is 0 Å². The predicted molar refractivity (Wildman–Crippen MR) is 27.7 cm³/mol. The number of carbonyl (C=O) groups is 1. The van der Waals surface area contributed by atoms with Gasteiger partial charge in [0, 0.05) is 0 Å². The monoisotopic (exact) mass is 117 g/mol. The van der Waals surface area contributed by atoms with Crippen LogP contribution in [0.25, 0.3) is 0 Å². The van der Waals surface area contributed by atoms with E-state index in [1.54, 1.807) is 6.92 Å². The first kappa shape index (κ1) is 7.43. The van der Waals surface area contributed by atoms with E-state index in [2.05, 4.69) is 0 Å². The van der Waals surface area contributed by atoms with E-state index in [4.69, 9.17) is 10.2 Å². The minimum atomic E-state index is -1.22. The highest BCUT2D eigenvalue weighted by Gasteiger charge is 2.11. The Balaban J connectivity index is 3.32. The molecule has 0 aliphatic heterocycles. The lowest BCUT2D eigenvalue weighted by Gasteiger charge is -1.97. The van der Waals surface area contributed by atoms with Gasteiger partial charge in [-0.05, 0) is 6.42 Å². The molecule has 47 valence electrons. The summed E-state index contributed by atoms with van der Waals surface area (Å²) in [7, 11) is 0. The summed E-state index contributed by atoms with van der Waals surface area (Å²) in [6.45, 7) is 1.80. The van der Waals surface area contributed by atoms with Gasteiger partial charge in [-0.1, -0.05) is 13.3 Å². The first-order valence-corrected chi connectivity index (χ1v) is 2.46. The Morgan fingerprint density at radius 3 is 2.12 bits per heavy atom.